The van der Waals surface area contributed by atoms with E-state index in [9.17, 15) is 5.11 Å². The van der Waals surface area contributed by atoms with Crippen molar-refractivity contribution in [2.45, 2.75) is 69.7 Å². The molecule has 5 rings (SSSR count). The van der Waals surface area contributed by atoms with Gasteiger partial charge in [-0.15, -0.1) is 0 Å². The van der Waals surface area contributed by atoms with Crippen LogP contribution in [0, 0.1) is 17.3 Å². The Bertz CT molecular complexity index is 702. The van der Waals surface area contributed by atoms with Crippen molar-refractivity contribution in [3.05, 3.63) is 33.0 Å². The lowest BCUT2D eigenvalue weighted by Crippen LogP contribution is -2.48. The van der Waals surface area contributed by atoms with Crippen molar-refractivity contribution in [1.82, 2.24) is 0 Å². The van der Waals surface area contributed by atoms with Gasteiger partial charge < -0.3 is 14.6 Å². The van der Waals surface area contributed by atoms with Crippen molar-refractivity contribution in [3.8, 4) is 0 Å². The van der Waals surface area contributed by atoms with Gasteiger partial charge in [-0.1, -0.05) is 41.2 Å². The molecule has 1 spiro atoms. The van der Waals surface area contributed by atoms with Crippen molar-refractivity contribution in [3.63, 3.8) is 0 Å². The van der Waals surface area contributed by atoms with Crippen LogP contribution in [-0.2, 0) is 9.47 Å². The Morgan fingerprint density at radius 3 is 2.77 bits per heavy atom. The van der Waals surface area contributed by atoms with Gasteiger partial charge in [-0.2, -0.15) is 0 Å². The van der Waals surface area contributed by atoms with Gasteiger partial charge in [-0.3, -0.25) is 0 Å². The van der Waals surface area contributed by atoms with Gasteiger partial charge in [0.25, 0.3) is 0 Å². The summed E-state index contributed by atoms with van der Waals surface area (Å²) < 4.78 is 14.0. The summed E-state index contributed by atoms with van der Waals surface area (Å²) in [6.45, 7) is 3.82. The van der Waals surface area contributed by atoms with E-state index in [1.807, 2.05) is 4.08 Å². The lowest BCUT2D eigenvalue weighted by atomic mass is 9.56. The van der Waals surface area contributed by atoms with E-state index in [1.165, 1.54) is 12.8 Å². The van der Waals surface area contributed by atoms with Crippen LogP contribution in [-0.4, -0.2) is 29.7 Å². The highest BCUT2D eigenvalue weighted by atomic mass is 127. The molecule has 4 aliphatic carbocycles. The summed E-state index contributed by atoms with van der Waals surface area (Å²) in [5.74, 6) is 0.918. The lowest BCUT2D eigenvalue weighted by molar-refractivity contribution is -0.164. The highest BCUT2D eigenvalue weighted by molar-refractivity contribution is 14.1. The Balaban J connectivity index is 1.48. The van der Waals surface area contributed by atoms with Crippen LogP contribution in [0.25, 0.3) is 0 Å². The van der Waals surface area contributed by atoms with Gasteiger partial charge in [0.2, 0.25) is 0 Å². The Kier molecular flexibility index (Phi) is 4.24. The average molecular weight is 468 g/mol. The highest BCUT2D eigenvalue weighted by Crippen LogP contribution is 2.63. The molecule has 26 heavy (non-hydrogen) atoms. The van der Waals surface area contributed by atoms with Crippen molar-refractivity contribution in [2.24, 2.45) is 17.3 Å². The van der Waals surface area contributed by atoms with Gasteiger partial charge in [-0.05, 0) is 71.7 Å². The summed E-state index contributed by atoms with van der Waals surface area (Å²) in [6.07, 6.45) is 13.1. The van der Waals surface area contributed by atoms with Crippen molar-refractivity contribution in [1.29, 1.82) is 0 Å². The summed E-state index contributed by atoms with van der Waals surface area (Å²) in [6, 6.07) is 0. The molecular formula is C22H29IO3. The number of halogens is 1. The summed E-state index contributed by atoms with van der Waals surface area (Å²) in [4.78, 5) is 0. The summed E-state index contributed by atoms with van der Waals surface area (Å²) in [7, 11) is 0. The Hall–Kier alpha value is -0.170. The molecule has 0 radical (unpaired) electrons. The van der Waals surface area contributed by atoms with Crippen molar-refractivity contribution in [2.75, 3.05) is 13.2 Å². The maximum absolute atomic E-state index is 11.3. The Morgan fingerprint density at radius 2 is 2.00 bits per heavy atom. The molecule has 1 N–H and O–H groups in total. The molecule has 3 nitrogen and oxygen atoms in total. The fourth-order valence-electron chi connectivity index (χ4n) is 6.72. The molecule has 2 fully saturated rings. The third-order valence-corrected chi connectivity index (χ3v) is 8.56. The standard InChI is InChI=1S/C22H29IO3/c1-20-7-4-17-16-5-9-22(25-12-13-26-22)14-15(16)2-3-18(17)19(20)6-8-21(20,24)10-11-23/h4,10-11,18-19,24H,2-3,5-9,12-14H2,1H3/b11-10-/t18-,19+,20+,21-/m1/s1. The zero-order valence-corrected chi connectivity index (χ0v) is 17.8. The second-order valence-corrected chi connectivity index (χ2v) is 9.87. The number of hydrogen-bond donors (Lipinski definition) is 1. The lowest BCUT2D eigenvalue weighted by Gasteiger charge is -2.50. The minimum atomic E-state index is -0.641. The van der Waals surface area contributed by atoms with E-state index < -0.39 is 5.60 Å². The van der Waals surface area contributed by atoms with Crippen LogP contribution in [0.5, 0.6) is 0 Å². The van der Waals surface area contributed by atoms with Gasteiger partial charge in [0.15, 0.2) is 5.79 Å². The molecule has 142 valence electrons. The first kappa shape index (κ1) is 17.9. The van der Waals surface area contributed by atoms with Gasteiger partial charge in [0.1, 0.15) is 0 Å². The largest absolute Gasteiger partial charge is 0.385 e. The monoisotopic (exact) mass is 468 g/mol. The predicted octanol–water partition coefficient (Wildman–Crippen LogP) is 5.05. The SMILES string of the molecule is C[C@]12CC=C3C4=C(CC[C@H]3[C@@H]1CC[C@@]2(O)/C=C\I)CC1(CC4)OCCO1. The van der Waals surface area contributed by atoms with Crippen LogP contribution in [0.4, 0.5) is 0 Å². The van der Waals surface area contributed by atoms with E-state index in [4.69, 9.17) is 9.47 Å². The molecule has 1 aliphatic heterocycles. The minimum Gasteiger partial charge on any atom is -0.385 e. The first-order valence-corrected chi connectivity index (χ1v) is 11.4. The molecule has 5 aliphatic rings. The third-order valence-electron chi connectivity index (χ3n) is 8.20. The number of hydrogen-bond acceptors (Lipinski definition) is 3. The number of ether oxygens (including phenoxy) is 2. The molecule has 0 aromatic heterocycles. The maximum atomic E-state index is 11.3. The third kappa shape index (κ3) is 2.41. The number of rotatable bonds is 1. The number of fused-ring (bicyclic) bond motifs is 4. The first-order valence-electron chi connectivity index (χ1n) is 10.2. The Morgan fingerprint density at radius 1 is 1.19 bits per heavy atom. The zero-order chi connectivity index (χ0) is 18.0. The van der Waals surface area contributed by atoms with Gasteiger partial charge in [0.05, 0.1) is 18.8 Å². The fraction of sp³-hybridized carbons (Fsp3) is 0.727. The van der Waals surface area contributed by atoms with E-state index in [0.29, 0.717) is 11.8 Å². The van der Waals surface area contributed by atoms with E-state index in [0.717, 1.165) is 51.7 Å². The van der Waals surface area contributed by atoms with Crippen LogP contribution in [0.2, 0.25) is 0 Å². The summed E-state index contributed by atoms with van der Waals surface area (Å²) in [5.41, 5.74) is 4.16. The fourth-order valence-corrected chi connectivity index (χ4v) is 7.31. The molecule has 4 atom stereocenters. The van der Waals surface area contributed by atoms with Gasteiger partial charge >= 0.3 is 0 Å². The molecule has 0 aromatic carbocycles. The Labute approximate surface area is 170 Å². The second kappa shape index (κ2) is 6.16. The molecule has 0 bridgehead atoms. The summed E-state index contributed by atoms with van der Waals surface area (Å²) in [5, 5.41) is 11.3. The van der Waals surface area contributed by atoms with E-state index in [1.54, 1.807) is 16.7 Å². The van der Waals surface area contributed by atoms with Crippen LogP contribution < -0.4 is 0 Å². The topological polar surface area (TPSA) is 38.7 Å². The maximum Gasteiger partial charge on any atom is 0.172 e. The molecule has 0 amide bonds. The molecule has 4 heteroatoms. The van der Waals surface area contributed by atoms with E-state index in [-0.39, 0.29) is 11.2 Å². The van der Waals surface area contributed by atoms with Crippen molar-refractivity contribution >= 4 is 22.6 Å². The molecule has 1 saturated heterocycles. The first-order chi connectivity index (χ1) is 12.5. The molecule has 1 heterocycles. The normalized spacial score (nSPS) is 44.2. The molecular weight excluding hydrogens is 439 g/mol. The van der Waals surface area contributed by atoms with Crippen LogP contribution in [0.1, 0.15) is 58.3 Å². The van der Waals surface area contributed by atoms with Crippen LogP contribution >= 0.6 is 22.6 Å². The second-order valence-electron chi connectivity index (χ2n) is 9.15. The van der Waals surface area contributed by atoms with E-state index >= 15 is 0 Å². The van der Waals surface area contributed by atoms with Crippen molar-refractivity contribution < 1.29 is 14.6 Å². The summed E-state index contributed by atoms with van der Waals surface area (Å²) >= 11 is 2.25. The molecule has 0 unspecified atom stereocenters. The minimum absolute atomic E-state index is 0.0194. The van der Waals surface area contributed by atoms with Crippen LogP contribution in [0.15, 0.2) is 33.0 Å². The van der Waals surface area contributed by atoms with Gasteiger partial charge in [0, 0.05) is 18.3 Å². The number of allylic oxidation sites excluding steroid dienone is 3. The zero-order valence-electron chi connectivity index (χ0n) is 15.6. The molecule has 0 aromatic rings. The average Bonchev–Trinajstić information content (AvgIpc) is 3.18. The predicted molar refractivity (Wildman–Crippen MR) is 110 cm³/mol. The smallest absolute Gasteiger partial charge is 0.172 e. The highest BCUT2D eigenvalue weighted by Gasteiger charge is 2.59. The molecule has 1 saturated carbocycles. The quantitative estimate of drug-likeness (QED) is 0.548. The van der Waals surface area contributed by atoms with E-state index in [2.05, 4.69) is 41.7 Å². The van der Waals surface area contributed by atoms with Crippen LogP contribution in [0.3, 0.4) is 0 Å². The number of aliphatic hydroxyl groups is 1. The van der Waals surface area contributed by atoms with Gasteiger partial charge in [-0.25, -0.2) is 0 Å².